The highest BCUT2D eigenvalue weighted by Crippen LogP contribution is 2.26. The Morgan fingerprint density at radius 3 is 2.69 bits per heavy atom. The lowest BCUT2D eigenvalue weighted by Gasteiger charge is -2.19. The molecule has 0 atom stereocenters. The molecule has 1 aromatic carbocycles. The monoisotopic (exact) mass is 217 g/mol. The van der Waals surface area contributed by atoms with Crippen LogP contribution in [0.5, 0.6) is 5.75 Å². The minimum absolute atomic E-state index is 0.758. The molecular weight excluding hydrogens is 198 g/mol. The van der Waals surface area contributed by atoms with Gasteiger partial charge in [-0.15, -0.1) is 6.58 Å². The van der Waals surface area contributed by atoms with E-state index in [0.29, 0.717) is 0 Å². The van der Waals surface area contributed by atoms with Gasteiger partial charge < -0.3 is 4.74 Å². The SMILES string of the molecule is C=CCN(CCOc1ccccc1)C1CC1. The van der Waals surface area contributed by atoms with Crippen LogP contribution < -0.4 is 4.74 Å². The van der Waals surface area contributed by atoms with Crippen LogP contribution in [0.2, 0.25) is 0 Å². The molecule has 0 amide bonds. The molecule has 0 aromatic heterocycles. The summed E-state index contributed by atoms with van der Waals surface area (Å²) in [4.78, 5) is 2.44. The fourth-order valence-corrected chi connectivity index (χ4v) is 1.83. The van der Waals surface area contributed by atoms with Crippen LogP contribution in [0, 0.1) is 0 Å². The van der Waals surface area contributed by atoms with Crippen molar-refractivity contribution >= 4 is 0 Å². The van der Waals surface area contributed by atoms with E-state index in [-0.39, 0.29) is 0 Å². The van der Waals surface area contributed by atoms with Crippen molar-refractivity contribution in [2.75, 3.05) is 19.7 Å². The molecule has 0 saturated heterocycles. The van der Waals surface area contributed by atoms with E-state index in [9.17, 15) is 0 Å². The van der Waals surface area contributed by atoms with Gasteiger partial charge in [-0.25, -0.2) is 0 Å². The molecule has 1 aliphatic rings. The Balaban J connectivity index is 1.71. The highest BCUT2D eigenvalue weighted by atomic mass is 16.5. The summed E-state index contributed by atoms with van der Waals surface area (Å²) in [5.41, 5.74) is 0. The molecule has 1 aliphatic carbocycles. The van der Waals surface area contributed by atoms with Gasteiger partial charge in [0.2, 0.25) is 0 Å². The summed E-state index contributed by atoms with van der Waals surface area (Å²) in [6, 6.07) is 10.8. The number of hydrogen-bond donors (Lipinski definition) is 0. The van der Waals surface area contributed by atoms with Gasteiger partial charge in [0.1, 0.15) is 12.4 Å². The zero-order chi connectivity index (χ0) is 11.2. The van der Waals surface area contributed by atoms with E-state index in [1.165, 1.54) is 12.8 Å². The summed E-state index contributed by atoms with van der Waals surface area (Å²) in [6.07, 6.45) is 4.64. The van der Waals surface area contributed by atoms with Gasteiger partial charge in [-0.3, -0.25) is 4.90 Å². The van der Waals surface area contributed by atoms with Crippen molar-refractivity contribution in [3.8, 4) is 5.75 Å². The molecule has 0 N–H and O–H groups in total. The molecule has 2 nitrogen and oxygen atoms in total. The molecule has 1 fully saturated rings. The van der Waals surface area contributed by atoms with Crippen molar-refractivity contribution in [3.05, 3.63) is 43.0 Å². The van der Waals surface area contributed by atoms with Crippen molar-refractivity contribution in [3.63, 3.8) is 0 Å². The van der Waals surface area contributed by atoms with E-state index in [1.807, 2.05) is 36.4 Å². The zero-order valence-corrected chi connectivity index (χ0v) is 9.64. The summed E-state index contributed by atoms with van der Waals surface area (Å²) in [6.45, 7) is 6.52. The van der Waals surface area contributed by atoms with E-state index < -0.39 is 0 Å². The molecule has 2 heteroatoms. The van der Waals surface area contributed by atoms with Crippen molar-refractivity contribution < 1.29 is 4.74 Å². The molecule has 1 saturated carbocycles. The quantitative estimate of drug-likeness (QED) is 0.651. The first-order valence-electron chi connectivity index (χ1n) is 5.93. The second-order valence-electron chi connectivity index (χ2n) is 4.18. The number of benzene rings is 1. The van der Waals surface area contributed by atoms with Crippen molar-refractivity contribution in [1.82, 2.24) is 4.90 Å². The Kier molecular flexibility index (Phi) is 4.00. The average molecular weight is 217 g/mol. The van der Waals surface area contributed by atoms with Crippen molar-refractivity contribution in [2.24, 2.45) is 0 Å². The largest absolute Gasteiger partial charge is 0.492 e. The first-order valence-corrected chi connectivity index (χ1v) is 5.93. The fraction of sp³-hybridized carbons (Fsp3) is 0.429. The molecule has 0 aliphatic heterocycles. The van der Waals surface area contributed by atoms with Crippen LogP contribution >= 0.6 is 0 Å². The summed E-state index contributed by atoms with van der Waals surface area (Å²) in [5.74, 6) is 0.955. The van der Waals surface area contributed by atoms with Crippen molar-refractivity contribution in [1.29, 1.82) is 0 Å². The molecule has 1 aromatic rings. The average Bonchev–Trinajstić information content (AvgIpc) is 3.13. The third-order valence-corrected chi connectivity index (χ3v) is 2.82. The topological polar surface area (TPSA) is 12.5 Å². The maximum atomic E-state index is 5.68. The number of para-hydroxylation sites is 1. The number of nitrogens with zero attached hydrogens (tertiary/aromatic N) is 1. The second-order valence-corrected chi connectivity index (χ2v) is 4.18. The Labute approximate surface area is 97.5 Å². The Morgan fingerprint density at radius 1 is 1.31 bits per heavy atom. The predicted octanol–water partition coefficient (Wildman–Crippen LogP) is 2.72. The molecule has 2 rings (SSSR count). The predicted molar refractivity (Wildman–Crippen MR) is 66.7 cm³/mol. The number of hydrogen-bond acceptors (Lipinski definition) is 2. The van der Waals surface area contributed by atoms with Crippen LogP contribution in [0.1, 0.15) is 12.8 Å². The van der Waals surface area contributed by atoms with E-state index in [1.54, 1.807) is 0 Å². The van der Waals surface area contributed by atoms with Crippen LogP contribution in [0.3, 0.4) is 0 Å². The molecule has 86 valence electrons. The maximum absolute atomic E-state index is 5.68. The molecule has 0 radical (unpaired) electrons. The number of rotatable bonds is 7. The minimum Gasteiger partial charge on any atom is -0.492 e. The highest BCUT2D eigenvalue weighted by Gasteiger charge is 2.27. The second kappa shape index (κ2) is 5.71. The molecule has 0 spiro atoms. The molecule has 0 heterocycles. The van der Waals surface area contributed by atoms with Crippen LogP contribution in [0.15, 0.2) is 43.0 Å². The van der Waals surface area contributed by atoms with E-state index in [2.05, 4.69) is 11.5 Å². The van der Waals surface area contributed by atoms with Gasteiger partial charge in [0.15, 0.2) is 0 Å². The summed E-state index contributed by atoms with van der Waals surface area (Å²) >= 11 is 0. The Morgan fingerprint density at radius 2 is 2.06 bits per heavy atom. The standard InChI is InChI=1S/C14H19NO/c1-2-10-15(13-8-9-13)11-12-16-14-6-4-3-5-7-14/h2-7,13H,1,8-12H2. The van der Waals surface area contributed by atoms with Gasteiger partial charge in [-0.1, -0.05) is 24.3 Å². The van der Waals surface area contributed by atoms with Crippen LogP contribution in [-0.2, 0) is 0 Å². The minimum atomic E-state index is 0.758. The lowest BCUT2D eigenvalue weighted by atomic mass is 10.3. The van der Waals surface area contributed by atoms with Crippen LogP contribution in [-0.4, -0.2) is 30.6 Å². The van der Waals surface area contributed by atoms with E-state index in [4.69, 9.17) is 4.74 Å². The Bertz CT molecular complexity index is 319. The van der Waals surface area contributed by atoms with Gasteiger partial charge in [0.25, 0.3) is 0 Å². The van der Waals surface area contributed by atoms with Gasteiger partial charge in [0.05, 0.1) is 0 Å². The summed E-state index contributed by atoms with van der Waals surface area (Å²) < 4.78 is 5.68. The van der Waals surface area contributed by atoms with E-state index >= 15 is 0 Å². The molecule has 16 heavy (non-hydrogen) atoms. The first-order chi connectivity index (χ1) is 7.90. The third-order valence-electron chi connectivity index (χ3n) is 2.82. The summed E-state index contributed by atoms with van der Waals surface area (Å²) in [5, 5.41) is 0. The van der Waals surface area contributed by atoms with Gasteiger partial charge in [-0.2, -0.15) is 0 Å². The van der Waals surface area contributed by atoms with Gasteiger partial charge in [-0.05, 0) is 25.0 Å². The first kappa shape index (κ1) is 11.2. The van der Waals surface area contributed by atoms with Gasteiger partial charge in [0, 0.05) is 19.1 Å². The van der Waals surface area contributed by atoms with Crippen LogP contribution in [0.25, 0.3) is 0 Å². The third kappa shape index (κ3) is 3.38. The zero-order valence-electron chi connectivity index (χ0n) is 9.64. The highest BCUT2D eigenvalue weighted by molar-refractivity contribution is 5.20. The lowest BCUT2D eigenvalue weighted by Crippen LogP contribution is -2.30. The summed E-state index contributed by atoms with van der Waals surface area (Å²) in [7, 11) is 0. The fourth-order valence-electron chi connectivity index (χ4n) is 1.83. The van der Waals surface area contributed by atoms with Crippen LogP contribution in [0.4, 0.5) is 0 Å². The molecule has 0 bridgehead atoms. The normalized spacial score (nSPS) is 15.1. The molecular formula is C14H19NO. The Hall–Kier alpha value is -1.28. The maximum Gasteiger partial charge on any atom is 0.119 e. The lowest BCUT2D eigenvalue weighted by molar-refractivity contribution is 0.216. The smallest absolute Gasteiger partial charge is 0.119 e. The van der Waals surface area contributed by atoms with Gasteiger partial charge >= 0.3 is 0 Å². The number of ether oxygens (including phenoxy) is 1. The molecule has 0 unspecified atom stereocenters. The van der Waals surface area contributed by atoms with E-state index in [0.717, 1.165) is 31.5 Å². The van der Waals surface area contributed by atoms with Crippen molar-refractivity contribution in [2.45, 2.75) is 18.9 Å².